The SMILES string of the molecule is CCCCCCCCCN=C(NCC)NCCN1C(=O)CNC1=O. The van der Waals surface area contributed by atoms with Crippen LogP contribution in [0.4, 0.5) is 4.79 Å². The van der Waals surface area contributed by atoms with Crippen molar-refractivity contribution in [3.05, 3.63) is 0 Å². The molecule has 1 aliphatic rings. The summed E-state index contributed by atoms with van der Waals surface area (Å²) in [6, 6.07) is -0.313. The highest BCUT2D eigenvalue weighted by molar-refractivity contribution is 6.01. The number of nitrogens with zero attached hydrogens (tertiary/aromatic N) is 2. The van der Waals surface area contributed by atoms with E-state index in [1.807, 2.05) is 6.92 Å². The average molecular weight is 339 g/mol. The maximum absolute atomic E-state index is 11.5. The standard InChI is InChI=1S/C17H33N5O2/c1-3-5-6-7-8-9-10-11-19-16(18-4-2)20-12-13-22-15(23)14-21-17(22)24/h3-14H2,1-2H3,(H,21,24)(H2,18,19,20). The van der Waals surface area contributed by atoms with Gasteiger partial charge in [-0.05, 0) is 13.3 Å². The van der Waals surface area contributed by atoms with Gasteiger partial charge >= 0.3 is 6.03 Å². The number of hydrogen-bond donors (Lipinski definition) is 3. The number of carbonyl (C=O) groups excluding carboxylic acids is 2. The van der Waals surface area contributed by atoms with Crippen molar-refractivity contribution in [3.63, 3.8) is 0 Å². The molecule has 3 amide bonds. The van der Waals surface area contributed by atoms with Gasteiger partial charge in [0.2, 0.25) is 5.91 Å². The zero-order valence-electron chi connectivity index (χ0n) is 15.2. The smallest absolute Gasteiger partial charge is 0.324 e. The molecule has 0 saturated carbocycles. The van der Waals surface area contributed by atoms with Gasteiger partial charge < -0.3 is 16.0 Å². The molecule has 1 aliphatic heterocycles. The molecule has 1 saturated heterocycles. The van der Waals surface area contributed by atoms with Gasteiger partial charge in [0, 0.05) is 26.2 Å². The number of hydrogen-bond acceptors (Lipinski definition) is 3. The number of imide groups is 1. The summed E-state index contributed by atoms with van der Waals surface area (Å²) in [5, 5.41) is 8.87. The lowest BCUT2D eigenvalue weighted by Crippen LogP contribution is -2.43. The maximum Gasteiger partial charge on any atom is 0.324 e. The fourth-order valence-corrected chi connectivity index (χ4v) is 2.57. The zero-order valence-corrected chi connectivity index (χ0v) is 15.2. The molecule has 1 fully saturated rings. The van der Waals surface area contributed by atoms with Crippen molar-refractivity contribution in [1.82, 2.24) is 20.9 Å². The third-order valence-electron chi connectivity index (χ3n) is 3.94. The molecule has 0 spiro atoms. The average Bonchev–Trinajstić information content (AvgIpc) is 2.89. The highest BCUT2D eigenvalue weighted by Crippen LogP contribution is 2.06. The van der Waals surface area contributed by atoms with Crippen LogP contribution in [0.1, 0.15) is 58.8 Å². The Labute approximate surface area is 145 Å². The van der Waals surface area contributed by atoms with Crippen molar-refractivity contribution in [3.8, 4) is 0 Å². The van der Waals surface area contributed by atoms with E-state index in [0.717, 1.165) is 25.5 Å². The molecule has 0 aromatic carbocycles. The van der Waals surface area contributed by atoms with Crippen LogP contribution in [0.3, 0.4) is 0 Å². The largest absolute Gasteiger partial charge is 0.357 e. The summed E-state index contributed by atoms with van der Waals surface area (Å²) in [4.78, 5) is 28.7. The number of nitrogens with one attached hydrogen (secondary N) is 3. The van der Waals surface area contributed by atoms with Crippen molar-refractivity contribution in [2.45, 2.75) is 58.8 Å². The lowest BCUT2D eigenvalue weighted by Gasteiger charge is -2.15. The Morgan fingerprint density at radius 3 is 2.42 bits per heavy atom. The van der Waals surface area contributed by atoms with Gasteiger partial charge in [0.1, 0.15) is 0 Å². The van der Waals surface area contributed by atoms with Gasteiger partial charge in [-0.1, -0.05) is 45.4 Å². The number of unbranched alkanes of at least 4 members (excludes halogenated alkanes) is 6. The van der Waals surface area contributed by atoms with Crippen LogP contribution in [-0.2, 0) is 4.79 Å². The van der Waals surface area contributed by atoms with Crippen LogP contribution in [0.25, 0.3) is 0 Å². The molecule has 3 N–H and O–H groups in total. The Kier molecular flexibility index (Phi) is 10.6. The summed E-state index contributed by atoms with van der Waals surface area (Å²) >= 11 is 0. The molecule has 7 heteroatoms. The Balaban J connectivity index is 2.17. The third kappa shape index (κ3) is 8.17. The normalized spacial score (nSPS) is 14.9. The summed E-state index contributed by atoms with van der Waals surface area (Å²) in [6.07, 6.45) is 8.88. The minimum Gasteiger partial charge on any atom is -0.357 e. The number of urea groups is 1. The van der Waals surface area contributed by atoms with Crippen molar-refractivity contribution >= 4 is 17.9 Å². The van der Waals surface area contributed by atoms with Crippen LogP contribution in [0, 0.1) is 0 Å². The van der Waals surface area contributed by atoms with Crippen molar-refractivity contribution in [2.24, 2.45) is 4.99 Å². The molecule has 138 valence electrons. The molecule has 0 aromatic rings. The van der Waals surface area contributed by atoms with Crippen molar-refractivity contribution in [2.75, 3.05) is 32.7 Å². The third-order valence-corrected chi connectivity index (χ3v) is 3.94. The number of aliphatic imine (C=N–C) groups is 1. The van der Waals surface area contributed by atoms with Gasteiger partial charge in [-0.3, -0.25) is 14.7 Å². The summed E-state index contributed by atoms with van der Waals surface area (Å²) in [7, 11) is 0. The minimum atomic E-state index is -0.313. The van der Waals surface area contributed by atoms with E-state index in [9.17, 15) is 9.59 Å². The molecule has 0 unspecified atom stereocenters. The van der Waals surface area contributed by atoms with E-state index in [2.05, 4.69) is 27.9 Å². The monoisotopic (exact) mass is 339 g/mol. The first kappa shape index (κ1) is 20.3. The highest BCUT2D eigenvalue weighted by atomic mass is 16.2. The van der Waals surface area contributed by atoms with E-state index >= 15 is 0 Å². The van der Waals surface area contributed by atoms with Crippen LogP contribution in [0.5, 0.6) is 0 Å². The Morgan fingerprint density at radius 1 is 1.08 bits per heavy atom. The fraction of sp³-hybridized carbons (Fsp3) is 0.824. The molecule has 1 rings (SSSR count). The lowest BCUT2D eigenvalue weighted by atomic mass is 10.1. The van der Waals surface area contributed by atoms with Crippen LogP contribution in [0.2, 0.25) is 0 Å². The van der Waals surface area contributed by atoms with Crippen molar-refractivity contribution in [1.29, 1.82) is 0 Å². The quantitative estimate of drug-likeness (QED) is 0.219. The summed E-state index contributed by atoms with van der Waals surface area (Å²) in [5.41, 5.74) is 0. The second kappa shape index (κ2) is 12.6. The van der Waals surface area contributed by atoms with Gasteiger partial charge in [0.05, 0.1) is 6.54 Å². The van der Waals surface area contributed by atoms with E-state index in [-0.39, 0.29) is 18.5 Å². The van der Waals surface area contributed by atoms with E-state index in [0.29, 0.717) is 13.1 Å². The van der Waals surface area contributed by atoms with Gasteiger partial charge in [-0.2, -0.15) is 0 Å². The Hall–Kier alpha value is -1.79. The van der Waals surface area contributed by atoms with Gasteiger partial charge in [0.15, 0.2) is 5.96 Å². The Morgan fingerprint density at radius 2 is 1.79 bits per heavy atom. The Bertz CT molecular complexity index is 396. The molecular formula is C17H33N5O2. The first-order valence-electron chi connectivity index (χ1n) is 9.29. The van der Waals surface area contributed by atoms with Gasteiger partial charge in [-0.15, -0.1) is 0 Å². The van der Waals surface area contributed by atoms with Gasteiger partial charge in [0.25, 0.3) is 0 Å². The minimum absolute atomic E-state index is 0.102. The summed E-state index contributed by atoms with van der Waals surface area (Å²) in [5.74, 6) is 0.572. The van der Waals surface area contributed by atoms with Gasteiger partial charge in [-0.25, -0.2) is 4.79 Å². The fourth-order valence-electron chi connectivity index (χ4n) is 2.57. The summed E-state index contributed by atoms with van der Waals surface area (Å²) in [6.45, 7) is 6.79. The second-order valence-corrected chi connectivity index (χ2v) is 6.01. The summed E-state index contributed by atoms with van der Waals surface area (Å²) < 4.78 is 0. The van der Waals surface area contributed by atoms with Crippen molar-refractivity contribution < 1.29 is 9.59 Å². The topological polar surface area (TPSA) is 85.8 Å². The molecule has 1 heterocycles. The molecule has 24 heavy (non-hydrogen) atoms. The molecule has 0 bridgehead atoms. The molecule has 0 aliphatic carbocycles. The van der Waals surface area contributed by atoms with E-state index in [1.165, 1.54) is 43.4 Å². The van der Waals surface area contributed by atoms with Crippen LogP contribution >= 0.6 is 0 Å². The molecule has 0 radical (unpaired) electrons. The number of guanidine groups is 1. The molecular weight excluding hydrogens is 306 g/mol. The van der Waals surface area contributed by atoms with Crippen LogP contribution in [0.15, 0.2) is 4.99 Å². The predicted octanol–water partition coefficient (Wildman–Crippen LogP) is 1.84. The number of carbonyl (C=O) groups is 2. The number of amides is 3. The van der Waals surface area contributed by atoms with E-state index < -0.39 is 0 Å². The van der Waals surface area contributed by atoms with Crippen LogP contribution < -0.4 is 16.0 Å². The lowest BCUT2D eigenvalue weighted by molar-refractivity contribution is -0.124. The molecule has 0 aromatic heterocycles. The highest BCUT2D eigenvalue weighted by Gasteiger charge is 2.27. The number of rotatable bonds is 12. The first-order valence-corrected chi connectivity index (χ1v) is 9.29. The van der Waals surface area contributed by atoms with E-state index in [4.69, 9.17) is 0 Å². The van der Waals surface area contributed by atoms with E-state index in [1.54, 1.807) is 0 Å². The maximum atomic E-state index is 11.5. The van der Waals surface area contributed by atoms with Crippen LogP contribution in [-0.4, -0.2) is 55.5 Å². The molecule has 7 nitrogen and oxygen atoms in total. The first-order chi connectivity index (χ1) is 11.7. The molecule has 0 atom stereocenters. The second-order valence-electron chi connectivity index (χ2n) is 6.01. The zero-order chi connectivity index (χ0) is 17.6. The predicted molar refractivity (Wildman–Crippen MR) is 97.1 cm³/mol.